The third-order valence-electron chi connectivity index (χ3n) is 4.11. The van der Waals surface area contributed by atoms with E-state index in [1.807, 2.05) is 30.3 Å². The molecular weight excluding hydrogens is 366 g/mol. The smallest absolute Gasteiger partial charge is 0.260 e. The number of para-hydroxylation sites is 1. The molecule has 0 aliphatic rings. The summed E-state index contributed by atoms with van der Waals surface area (Å²) >= 11 is 1.24. The SMILES string of the molecule is O=C(c1ccc(F)cc1)N(Cc1ccccc1)c1nc2c(F)cccc2s1. The van der Waals surface area contributed by atoms with Crippen LogP contribution in [0, 0.1) is 11.6 Å². The van der Waals surface area contributed by atoms with E-state index < -0.39 is 11.6 Å². The number of aromatic nitrogens is 1. The van der Waals surface area contributed by atoms with E-state index in [1.54, 1.807) is 12.1 Å². The monoisotopic (exact) mass is 380 g/mol. The van der Waals surface area contributed by atoms with Crippen LogP contribution in [0.1, 0.15) is 15.9 Å². The first kappa shape index (κ1) is 17.3. The summed E-state index contributed by atoms with van der Waals surface area (Å²) in [6.45, 7) is 0.276. The Balaban J connectivity index is 1.78. The van der Waals surface area contributed by atoms with E-state index in [-0.39, 0.29) is 18.0 Å². The Bertz CT molecular complexity index is 1090. The standard InChI is InChI=1S/C21H14F2N2OS/c22-16-11-9-15(10-12-16)20(26)25(13-14-5-2-1-3-6-14)21-24-19-17(23)7-4-8-18(19)27-21/h1-12H,13H2. The van der Waals surface area contributed by atoms with Crippen molar-refractivity contribution >= 4 is 32.6 Å². The molecule has 0 aliphatic carbocycles. The zero-order valence-electron chi connectivity index (χ0n) is 14.1. The zero-order valence-corrected chi connectivity index (χ0v) is 14.9. The maximum atomic E-state index is 14.1. The number of nitrogens with zero attached hydrogens (tertiary/aromatic N) is 2. The molecule has 0 N–H and O–H groups in total. The number of amides is 1. The average molecular weight is 380 g/mol. The number of carbonyl (C=O) groups is 1. The summed E-state index contributed by atoms with van der Waals surface area (Å²) in [4.78, 5) is 18.9. The molecule has 0 saturated heterocycles. The zero-order chi connectivity index (χ0) is 18.8. The number of hydrogen-bond acceptors (Lipinski definition) is 3. The van der Waals surface area contributed by atoms with Gasteiger partial charge in [-0.2, -0.15) is 0 Å². The minimum absolute atomic E-state index is 0.238. The molecule has 3 aromatic carbocycles. The fourth-order valence-corrected chi connectivity index (χ4v) is 3.74. The molecule has 0 fully saturated rings. The number of fused-ring (bicyclic) bond motifs is 1. The molecule has 0 saturated carbocycles. The largest absolute Gasteiger partial charge is 0.279 e. The Morgan fingerprint density at radius 3 is 2.37 bits per heavy atom. The summed E-state index contributed by atoms with van der Waals surface area (Å²) in [5, 5.41) is 0.397. The van der Waals surface area contributed by atoms with Gasteiger partial charge in [0.05, 0.1) is 11.2 Å². The van der Waals surface area contributed by atoms with E-state index in [0.717, 1.165) is 5.56 Å². The van der Waals surface area contributed by atoms with Crippen LogP contribution in [0.2, 0.25) is 0 Å². The number of anilines is 1. The molecular formula is C21H14F2N2OS. The van der Waals surface area contributed by atoms with Crippen molar-refractivity contribution in [3.63, 3.8) is 0 Å². The second-order valence-corrected chi connectivity index (χ2v) is 6.98. The lowest BCUT2D eigenvalue weighted by atomic mass is 10.1. The van der Waals surface area contributed by atoms with Crippen LogP contribution in [0.4, 0.5) is 13.9 Å². The van der Waals surface area contributed by atoms with Crippen LogP contribution < -0.4 is 4.90 Å². The predicted molar refractivity (Wildman–Crippen MR) is 103 cm³/mol. The Morgan fingerprint density at radius 1 is 0.926 bits per heavy atom. The fraction of sp³-hybridized carbons (Fsp3) is 0.0476. The second kappa shape index (κ2) is 7.25. The normalized spacial score (nSPS) is 10.9. The van der Waals surface area contributed by atoms with Gasteiger partial charge in [0.2, 0.25) is 0 Å². The van der Waals surface area contributed by atoms with Crippen LogP contribution >= 0.6 is 11.3 Å². The first-order valence-corrected chi connectivity index (χ1v) is 9.10. The van der Waals surface area contributed by atoms with Crippen molar-refractivity contribution in [1.82, 2.24) is 4.98 Å². The van der Waals surface area contributed by atoms with Crippen molar-refractivity contribution < 1.29 is 13.6 Å². The third-order valence-corrected chi connectivity index (χ3v) is 5.15. The number of hydrogen-bond donors (Lipinski definition) is 0. The maximum absolute atomic E-state index is 14.1. The lowest BCUT2D eigenvalue weighted by Gasteiger charge is -2.20. The first-order chi connectivity index (χ1) is 13.1. The topological polar surface area (TPSA) is 33.2 Å². The van der Waals surface area contributed by atoms with Gasteiger partial charge in [-0.15, -0.1) is 0 Å². The molecule has 1 heterocycles. The summed E-state index contributed by atoms with van der Waals surface area (Å²) in [5.41, 5.74) is 1.49. The molecule has 1 aromatic heterocycles. The average Bonchev–Trinajstić information content (AvgIpc) is 3.12. The Hall–Kier alpha value is -3.12. The molecule has 4 aromatic rings. The van der Waals surface area contributed by atoms with Crippen LogP contribution in [0.25, 0.3) is 10.2 Å². The summed E-state index contributed by atoms with van der Waals surface area (Å²) in [7, 11) is 0. The van der Waals surface area contributed by atoms with Gasteiger partial charge in [-0.25, -0.2) is 13.8 Å². The minimum Gasteiger partial charge on any atom is -0.279 e. The maximum Gasteiger partial charge on any atom is 0.260 e. The van der Waals surface area contributed by atoms with Crippen LogP contribution in [0.15, 0.2) is 72.8 Å². The number of halogens is 2. The van der Waals surface area contributed by atoms with E-state index in [2.05, 4.69) is 4.98 Å². The van der Waals surface area contributed by atoms with Crippen molar-refractivity contribution in [1.29, 1.82) is 0 Å². The van der Waals surface area contributed by atoms with Gasteiger partial charge in [-0.3, -0.25) is 9.69 Å². The number of benzene rings is 3. The number of thiazole rings is 1. The highest BCUT2D eigenvalue weighted by molar-refractivity contribution is 7.22. The van der Waals surface area contributed by atoms with Gasteiger partial charge in [0, 0.05) is 5.56 Å². The van der Waals surface area contributed by atoms with Crippen molar-refractivity contribution in [2.24, 2.45) is 0 Å². The highest BCUT2D eigenvalue weighted by atomic mass is 32.1. The molecule has 6 heteroatoms. The van der Waals surface area contributed by atoms with Crippen LogP contribution in [0.3, 0.4) is 0 Å². The highest BCUT2D eigenvalue weighted by Crippen LogP contribution is 2.32. The molecule has 1 amide bonds. The summed E-state index contributed by atoms with van der Waals surface area (Å²) in [6.07, 6.45) is 0. The molecule has 0 radical (unpaired) electrons. The van der Waals surface area contributed by atoms with Gasteiger partial charge in [0.1, 0.15) is 17.2 Å². The Kier molecular flexibility index (Phi) is 4.64. The lowest BCUT2D eigenvalue weighted by Crippen LogP contribution is -2.30. The molecule has 0 unspecified atom stereocenters. The van der Waals surface area contributed by atoms with E-state index in [9.17, 15) is 13.6 Å². The van der Waals surface area contributed by atoms with E-state index in [1.165, 1.54) is 46.6 Å². The Labute approximate surface area is 158 Å². The van der Waals surface area contributed by atoms with E-state index in [4.69, 9.17) is 0 Å². The van der Waals surface area contributed by atoms with E-state index in [0.29, 0.717) is 15.4 Å². The van der Waals surface area contributed by atoms with Gasteiger partial charge in [0.15, 0.2) is 5.13 Å². The molecule has 0 atom stereocenters. The highest BCUT2D eigenvalue weighted by Gasteiger charge is 2.22. The van der Waals surface area contributed by atoms with Gasteiger partial charge < -0.3 is 0 Å². The minimum atomic E-state index is -0.427. The molecule has 0 bridgehead atoms. The molecule has 134 valence electrons. The van der Waals surface area contributed by atoms with E-state index >= 15 is 0 Å². The number of carbonyl (C=O) groups excluding carboxylic acids is 1. The van der Waals surface area contributed by atoms with Crippen molar-refractivity contribution in [3.8, 4) is 0 Å². The van der Waals surface area contributed by atoms with Gasteiger partial charge in [0.25, 0.3) is 5.91 Å². The van der Waals surface area contributed by atoms with Gasteiger partial charge >= 0.3 is 0 Å². The summed E-state index contributed by atoms with van der Waals surface area (Å²) in [5.74, 6) is -1.16. The molecule has 27 heavy (non-hydrogen) atoms. The fourth-order valence-electron chi connectivity index (χ4n) is 2.76. The van der Waals surface area contributed by atoms with Crippen LogP contribution in [0.5, 0.6) is 0 Å². The van der Waals surface area contributed by atoms with Gasteiger partial charge in [-0.1, -0.05) is 47.7 Å². The number of rotatable bonds is 4. The third kappa shape index (κ3) is 3.57. The first-order valence-electron chi connectivity index (χ1n) is 8.28. The summed E-state index contributed by atoms with van der Waals surface area (Å²) < 4.78 is 27.9. The quantitative estimate of drug-likeness (QED) is 0.474. The Morgan fingerprint density at radius 2 is 1.67 bits per heavy atom. The lowest BCUT2D eigenvalue weighted by molar-refractivity contribution is 0.0985. The van der Waals surface area contributed by atoms with Gasteiger partial charge in [-0.05, 0) is 42.0 Å². The molecule has 3 nitrogen and oxygen atoms in total. The summed E-state index contributed by atoms with van der Waals surface area (Å²) in [6, 6.07) is 19.5. The van der Waals surface area contributed by atoms with Crippen molar-refractivity contribution in [3.05, 3.63) is 95.6 Å². The molecule has 4 rings (SSSR count). The van der Waals surface area contributed by atoms with Crippen molar-refractivity contribution in [2.45, 2.75) is 6.54 Å². The van der Waals surface area contributed by atoms with Crippen molar-refractivity contribution in [2.75, 3.05) is 4.90 Å². The van der Waals surface area contributed by atoms with Crippen LogP contribution in [-0.2, 0) is 6.54 Å². The predicted octanol–water partition coefficient (Wildman–Crippen LogP) is 5.42. The second-order valence-electron chi connectivity index (χ2n) is 5.97. The molecule has 0 spiro atoms. The molecule has 0 aliphatic heterocycles. The van der Waals surface area contributed by atoms with Crippen LogP contribution in [-0.4, -0.2) is 10.9 Å².